The zero-order valence-corrected chi connectivity index (χ0v) is 10.4. The van der Waals surface area contributed by atoms with Gasteiger partial charge in [0, 0.05) is 30.4 Å². The normalized spacial score (nSPS) is 10.6. The third kappa shape index (κ3) is 4.21. The molecule has 0 saturated carbocycles. The van der Waals surface area contributed by atoms with Gasteiger partial charge >= 0.3 is 0 Å². The van der Waals surface area contributed by atoms with Crippen molar-refractivity contribution in [2.45, 2.75) is 19.4 Å². The molecule has 0 bridgehead atoms. The summed E-state index contributed by atoms with van der Waals surface area (Å²) >= 11 is 5.82. The van der Waals surface area contributed by atoms with E-state index in [9.17, 15) is 0 Å². The Morgan fingerprint density at radius 2 is 2.06 bits per heavy atom. The summed E-state index contributed by atoms with van der Waals surface area (Å²) in [4.78, 5) is 7.28. The van der Waals surface area contributed by atoms with Crippen molar-refractivity contribution in [3.05, 3.63) is 53.1 Å². The van der Waals surface area contributed by atoms with Gasteiger partial charge in [0.05, 0.1) is 0 Å². The number of rotatable bonds is 6. The van der Waals surface area contributed by atoms with Gasteiger partial charge in [0.15, 0.2) is 0 Å². The number of aryl methyl sites for hydroxylation is 1. The molecular weight excluding hydrogens is 234 g/mol. The molecule has 4 heteroatoms. The molecule has 0 atom stereocenters. The summed E-state index contributed by atoms with van der Waals surface area (Å²) in [7, 11) is 0. The summed E-state index contributed by atoms with van der Waals surface area (Å²) in [5.74, 6) is 1.05. The standard InChI is InChI=1S/C13H16ClN3/c14-12-5-3-11(4-6-12)10-15-7-1-2-13-16-8-9-17-13/h3-6,8-9,15H,1-2,7,10H2,(H,16,17). The molecule has 1 aromatic carbocycles. The Hall–Kier alpha value is -1.32. The van der Waals surface area contributed by atoms with Crippen LogP contribution in [-0.4, -0.2) is 16.5 Å². The molecule has 0 spiro atoms. The first kappa shape index (κ1) is 12.1. The molecule has 1 heterocycles. The highest BCUT2D eigenvalue weighted by Gasteiger charge is 1.95. The van der Waals surface area contributed by atoms with E-state index in [-0.39, 0.29) is 0 Å². The van der Waals surface area contributed by atoms with E-state index >= 15 is 0 Å². The second-order valence-electron chi connectivity index (χ2n) is 3.94. The van der Waals surface area contributed by atoms with Crippen molar-refractivity contribution in [3.63, 3.8) is 0 Å². The van der Waals surface area contributed by atoms with Crippen molar-refractivity contribution in [1.29, 1.82) is 0 Å². The predicted molar refractivity (Wildman–Crippen MR) is 70.1 cm³/mol. The topological polar surface area (TPSA) is 40.7 Å². The molecule has 0 amide bonds. The fraction of sp³-hybridized carbons (Fsp3) is 0.308. The van der Waals surface area contributed by atoms with Gasteiger partial charge in [-0.25, -0.2) is 4.98 Å². The van der Waals surface area contributed by atoms with E-state index in [1.807, 2.05) is 30.5 Å². The van der Waals surface area contributed by atoms with Crippen LogP contribution in [0.15, 0.2) is 36.7 Å². The number of nitrogens with one attached hydrogen (secondary N) is 2. The quantitative estimate of drug-likeness (QED) is 0.773. The lowest BCUT2D eigenvalue weighted by molar-refractivity contribution is 0.641. The third-order valence-electron chi connectivity index (χ3n) is 2.56. The van der Waals surface area contributed by atoms with E-state index in [2.05, 4.69) is 15.3 Å². The minimum absolute atomic E-state index is 0.784. The Morgan fingerprint density at radius 1 is 1.24 bits per heavy atom. The lowest BCUT2D eigenvalue weighted by Crippen LogP contribution is -2.15. The van der Waals surface area contributed by atoms with Crippen LogP contribution in [0.25, 0.3) is 0 Å². The number of aromatic nitrogens is 2. The van der Waals surface area contributed by atoms with Crippen molar-refractivity contribution < 1.29 is 0 Å². The molecule has 0 aliphatic carbocycles. The number of hydrogen-bond donors (Lipinski definition) is 2. The van der Waals surface area contributed by atoms with Crippen molar-refractivity contribution in [1.82, 2.24) is 15.3 Å². The van der Waals surface area contributed by atoms with Crippen molar-refractivity contribution in [3.8, 4) is 0 Å². The Balaban J connectivity index is 1.61. The van der Waals surface area contributed by atoms with Gasteiger partial charge in [-0.2, -0.15) is 0 Å². The largest absolute Gasteiger partial charge is 0.349 e. The minimum atomic E-state index is 0.784. The Labute approximate surface area is 106 Å². The zero-order chi connectivity index (χ0) is 11.9. The van der Waals surface area contributed by atoms with Crippen LogP contribution in [0.4, 0.5) is 0 Å². The number of nitrogens with zero attached hydrogens (tertiary/aromatic N) is 1. The molecule has 3 nitrogen and oxygen atoms in total. The summed E-state index contributed by atoms with van der Waals surface area (Å²) in [5.41, 5.74) is 1.26. The molecular formula is C13H16ClN3. The molecule has 0 fully saturated rings. The van der Waals surface area contributed by atoms with Gasteiger partial charge in [-0.15, -0.1) is 0 Å². The van der Waals surface area contributed by atoms with Crippen molar-refractivity contribution in [2.24, 2.45) is 0 Å². The maximum Gasteiger partial charge on any atom is 0.106 e. The molecule has 0 unspecified atom stereocenters. The molecule has 0 radical (unpaired) electrons. The van der Waals surface area contributed by atoms with E-state index < -0.39 is 0 Å². The molecule has 1 aromatic heterocycles. The van der Waals surface area contributed by atoms with Crippen LogP contribution < -0.4 is 5.32 Å². The van der Waals surface area contributed by atoms with Crippen LogP contribution in [0.2, 0.25) is 5.02 Å². The predicted octanol–water partition coefficient (Wildman–Crippen LogP) is 2.79. The van der Waals surface area contributed by atoms with Crippen molar-refractivity contribution >= 4 is 11.6 Å². The average Bonchev–Trinajstić information content (AvgIpc) is 2.84. The number of imidazole rings is 1. The average molecular weight is 250 g/mol. The number of benzene rings is 1. The molecule has 0 saturated heterocycles. The second-order valence-corrected chi connectivity index (χ2v) is 4.38. The van der Waals surface area contributed by atoms with Gasteiger partial charge in [0.2, 0.25) is 0 Å². The number of halogens is 1. The fourth-order valence-corrected chi connectivity index (χ4v) is 1.78. The van der Waals surface area contributed by atoms with E-state index in [4.69, 9.17) is 11.6 Å². The monoisotopic (exact) mass is 249 g/mol. The van der Waals surface area contributed by atoms with Crippen molar-refractivity contribution in [2.75, 3.05) is 6.54 Å². The summed E-state index contributed by atoms with van der Waals surface area (Å²) in [6.45, 7) is 1.87. The number of aromatic amines is 1. The molecule has 2 N–H and O–H groups in total. The first-order valence-corrected chi connectivity index (χ1v) is 6.16. The van der Waals surface area contributed by atoms with Crippen LogP contribution in [0.3, 0.4) is 0 Å². The van der Waals surface area contributed by atoms with Gasteiger partial charge < -0.3 is 10.3 Å². The zero-order valence-electron chi connectivity index (χ0n) is 9.62. The van der Waals surface area contributed by atoms with Gasteiger partial charge in [-0.3, -0.25) is 0 Å². The van der Waals surface area contributed by atoms with Gasteiger partial charge in [-0.05, 0) is 30.7 Å². The first-order valence-electron chi connectivity index (χ1n) is 5.78. The summed E-state index contributed by atoms with van der Waals surface area (Å²) in [5, 5.41) is 4.18. The summed E-state index contributed by atoms with van der Waals surface area (Å²) in [6.07, 6.45) is 5.72. The maximum atomic E-state index is 5.82. The molecule has 17 heavy (non-hydrogen) atoms. The van der Waals surface area contributed by atoms with E-state index in [0.29, 0.717) is 0 Å². The van der Waals surface area contributed by atoms with E-state index in [1.54, 1.807) is 6.20 Å². The van der Waals surface area contributed by atoms with Crippen LogP contribution in [-0.2, 0) is 13.0 Å². The summed E-state index contributed by atoms with van der Waals surface area (Å²) in [6, 6.07) is 7.92. The molecule has 0 aliphatic rings. The molecule has 2 rings (SSSR count). The number of H-pyrrole nitrogens is 1. The summed E-state index contributed by atoms with van der Waals surface area (Å²) < 4.78 is 0. The van der Waals surface area contributed by atoms with Crippen LogP contribution in [0.1, 0.15) is 17.8 Å². The third-order valence-corrected chi connectivity index (χ3v) is 2.82. The Morgan fingerprint density at radius 3 is 2.76 bits per heavy atom. The smallest absolute Gasteiger partial charge is 0.106 e. The van der Waals surface area contributed by atoms with Gasteiger partial charge in [0.1, 0.15) is 5.82 Å². The lowest BCUT2D eigenvalue weighted by atomic mass is 10.2. The van der Waals surface area contributed by atoms with Crippen LogP contribution >= 0.6 is 11.6 Å². The van der Waals surface area contributed by atoms with Crippen LogP contribution in [0, 0.1) is 0 Å². The Kier molecular flexibility index (Phi) is 4.59. The van der Waals surface area contributed by atoms with E-state index in [1.165, 1.54) is 5.56 Å². The highest BCUT2D eigenvalue weighted by molar-refractivity contribution is 6.30. The molecule has 2 aromatic rings. The van der Waals surface area contributed by atoms with Crippen LogP contribution in [0.5, 0.6) is 0 Å². The second kappa shape index (κ2) is 6.42. The SMILES string of the molecule is Clc1ccc(CNCCCc2ncc[nH]2)cc1. The van der Waals surface area contributed by atoms with Gasteiger partial charge in [-0.1, -0.05) is 23.7 Å². The highest BCUT2D eigenvalue weighted by atomic mass is 35.5. The molecule has 90 valence electrons. The highest BCUT2D eigenvalue weighted by Crippen LogP contribution is 2.09. The lowest BCUT2D eigenvalue weighted by Gasteiger charge is -2.04. The van der Waals surface area contributed by atoms with E-state index in [0.717, 1.165) is 36.8 Å². The maximum absolute atomic E-state index is 5.82. The van der Waals surface area contributed by atoms with Gasteiger partial charge in [0.25, 0.3) is 0 Å². The first-order chi connectivity index (χ1) is 8.34. The minimum Gasteiger partial charge on any atom is -0.349 e. The Bertz CT molecular complexity index is 422. The fourth-order valence-electron chi connectivity index (χ4n) is 1.65. The number of hydrogen-bond acceptors (Lipinski definition) is 2. The molecule has 0 aliphatic heterocycles.